The molecule has 1 rings (SSSR count). The van der Waals surface area contributed by atoms with Gasteiger partial charge in [0.05, 0.1) is 6.42 Å². The first-order chi connectivity index (χ1) is 9.40. The number of carbonyl (C=O) groups is 2. The Balaban J connectivity index is 2.53. The lowest BCUT2D eigenvalue weighted by Crippen LogP contribution is -2.30. The van der Waals surface area contributed by atoms with Crippen LogP contribution in [0.5, 0.6) is 5.75 Å². The van der Waals surface area contributed by atoms with Crippen molar-refractivity contribution in [1.29, 1.82) is 0 Å². The van der Waals surface area contributed by atoms with Crippen LogP contribution in [0.1, 0.15) is 31.7 Å². The smallest absolute Gasteiger partial charge is 0.305 e. The molecule has 1 aromatic rings. The number of carboxylic acids is 1. The molecule has 1 amide bonds. The number of hydrogen-bond donors (Lipinski definition) is 2. The van der Waals surface area contributed by atoms with Crippen molar-refractivity contribution in [3.05, 3.63) is 28.2 Å². The molecule has 0 aromatic heterocycles. The Kier molecular flexibility index (Phi) is 6.51. The minimum atomic E-state index is -0.943. The predicted octanol–water partition coefficient (Wildman–Crippen LogP) is 2.54. The van der Waals surface area contributed by atoms with Gasteiger partial charge in [-0.3, -0.25) is 9.59 Å². The third-order valence-corrected chi connectivity index (χ3v) is 3.11. The fourth-order valence-electron chi connectivity index (χ4n) is 1.61. The van der Waals surface area contributed by atoms with Crippen LogP contribution in [0.2, 0.25) is 0 Å². The van der Waals surface area contributed by atoms with Crippen molar-refractivity contribution in [1.82, 2.24) is 5.32 Å². The van der Waals surface area contributed by atoms with Crippen LogP contribution in [-0.2, 0) is 9.59 Å². The van der Waals surface area contributed by atoms with Crippen LogP contribution in [0.15, 0.2) is 22.7 Å². The zero-order valence-corrected chi connectivity index (χ0v) is 13.1. The molecule has 2 N–H and O–H groups in total. The van der Waals surface area contributed by atoms with Crippen LogP contribution >= 0.6 is 15.9 Å². The minimum Gasteiger partial charge on any atom is -0.483 e. The molecule has 0 aliphatic rings. The van der Waals surface area contributed by atoms with Crippen LogP contribution in [0, 0.1) is 0 Å². The van der Waals surface area contributed by atoms with E-state index in [9.17, 15) is 9.59 Å². The molecule has 0 heterocycles. The summed E-state index contributed by atoms with van der Waals surface area (Å²) in [5, 5.41) is 11.0. The van der Waals surface area contributed by atoms with Gasteiger partial charge in [-0.05, 0) is 29.7 Å². The average molecular weight is 344 g/mol. The van der Waals surface area contributed by atoms with Gasteiger partial charge in [0, 0.05) is 11.0 Å². The van der Waals surface area contributed by atoms with E-state index in [1.54, 1.807) is 0 Å². The van der Waals surface area contributed by atoms with Gasteiger partial charge in [-0.1, -0.05) is 29.8 Å². The summed E-state index contributed by atoms with van der Waals surface area (Å²) in [5.74, 6) is -0.334. The minimum absolute atomic E-state index is 0.0960. The van der Waals surface area contributed by atoms with Gasteiger partial charge in [0.15, 0.2) is 6.61 Å². The Morgan fingerprint density at radius 1 is 1.40 bits per heavy atom. The molecule has 6 heteroatoms. The number of hydrogen-bond acceptors (Lipinski definition) is 3. The molecule has 0 saturated carbocycles. The molecule has 0 fully saturated rings. The van der Waals surface area contributed by atoms with Crippen LogP contribution in [0.3, 0.4) is 0 Å². The molecule has 0 aliphatic heterocycles. The molecule has 0 atom stereocenters. The van der Waals surface area contributed by atoms with Gasteiger partial charge in [0.2, 0.25) is 0 Å². The number of ether oxygens (including phenoxy) is 1. The number of rotatable bonds is 7. The highest BCUT2D eigenvalue weighted by atomic mass is 79.9. The Labute approximate surface area is 126 Å². The SMILES string of the molecule is CC(C)c1cc(Br)ccc1OCC(=O)NCCC(=O)O. The molecule has 110 valence electrons. The molecular formula is C14H18BrNO4. The van der Waals surface area contributed by atoms with Gasteiger partial charge < -0.3 is 15.2 Å². The summed E-state index contributed by atoms with van der Waals surface area (Å²) < 4.78 is 6.45. The first-order valence-electron chi connectivity index (χ1n) is 6.31. The zero-order chi connectivity index (χ0) is 15.1. The number of carbonyl (C=O) groups excluding carboxylic acids is 1. The molecule has 0 bridgehead atoms. The number of carboxylic acid groups (broad SMARTS) is 1. The zero-order valence-electron chi connectivity index (χ0n) is 11.5. The van der Waals surface area contributed by atoms with Crippen LogP contribution in [-0.4, -0.2) is 30.1 Å². The molecule has 0 unspecified atom stereocenters. The summed E-state index contributed by atoms with van der Waals surface area (Å²) in [5.41, 5.74) is 1.01. The standard InChI is InChI=1S/C14H18BrNO4/c1-9(2)11-7-10(15)3-4-12(11)20-8-13(17)16-6-5-14(18)19/h3-4,7,9H,5-6,8H2,1-2H3,(H,16,17)(H,18,19). The van der Waals surface area contributed by atoms with Gasteiger partial charge in [-0.15, -0.1) is 0 Å². The molecule has 5 nitrogen and oxygen atoms in total. The Morgan fingerprint density at radius 3 is 2.70 bits per heavy atom. The number of aliphatic carboxylic acids is 1. The normalized spacial score (nSPS) is 10.4. The van der Waals surface area contributed by atoms with E-state index in [2.05, 4.69) is 21.2 Å². The first kappa shape index (κ1) is 16.5. The Bertz CT molecular complexity index is 488. The molecule has 1 aromatic carbocycles. The van der Waals surface area contributed by atoms with E-state index in [-0.39, 0.29) is 31.4 Å². The van der Waals surface area contributed by atoms with Gasteiger partial charge in [-0.25, -0.2) is 0 Å². The van der Waals surface area contributed by atoms with Gasteiger partial charge in [0.25, 0.3) is 5.91 Å². The highest BCUT2D eigenvalue weighted by Crippen LogP contribution is 2.29. The number of nitrogens with one attached hydrogen (secondary N) is 1. The second-order valence-corrected chi connectivity index (χ2v) is 5.53. The van der Waals surface area contributed by atoms with Crippen molar-refractivity contribution < 1.29 is 19.4 Å². The molecule has 0 aliphatic carbocycles. The van der Waals surface area contributed by atoms with E-state index in [1.165, 1.54) is 0 Å². The molecule has 0 radical (unpaired) electrons. The van der Waals surface area contributed by atoms with Gasteiger partial charge in [0.1, 0.15) is 5.75 Å². The quantitative estimate of drug-likeness (QED) is 0.797. The highest BCUT2D eigenvalue weighted by Gasteiger charge is 2.10. The van der Waals surface area contributed by atoms with Crippen molar-refractivity contribution >= 4 is 27.8 Å². The summed E-state index contributed by atoms with van der Waals surface area (Å²) in [6, 6.07) is 5.62. The van der Waals surface area contributed by atoms with Crippen molar-refractivity contribution in [3.8, 4) is 5.75 Å². The lowest BCUT2D eigenvalue weighted by atomic mass is 10.0. The van der Waals surface area contributed by atoms with Gasteiger partial charge in [-0.2, -0.15) is 0 Å². The van der Waals surface area contributed by atoms with E-state index in [1.807, 2.05) is 32.0 Å². The maximum Gasteiger partial charge on any atom is 0.305 e. The van der Waals surface area contributed by atoms with Crippen LogP contribution in [0.4, 0.5) is 0 Å². The van der Waals surface area contributed by atoms with Crippen molar-refractivity contribution in [3.63, 3.8) is 0 Å². The second kappa shape index (κ2) is 7.89. The summed E-state index contributed by atoms with van der Waals surface area (Å²) in [6.07, 6.45) is -0.0960. The summed E-state index contributed by atoms with van der Waals surface area (Å²) in [4.78, 5) is 21.8. The number of halogens is 1. The van der Waals surface area contributed by atoms with E-state index in [0.29, 0.717) is 5.75 Å². The topological polar surface area (TPSA) is 75.6 Å². The van der Waals surface area contributed by atoms with E-state index >= 15 is 0 Å². The number of benzene rings is 1. The fourth-order valence-corrected chi connectivity index (χ4v) is 1.98. The molecule has 20 heavy (non-hydrogen) atoms. The van der Waals surface area contributed by atoms with Crippen molar-refractivity contribution in [2.75, 3.05) is 13.2 Å². The van der Waals surface area contributed by atoms with Gasteiger partial charge >= 0.3 is 5.97 Å². The van der Waals surface area contributed by atoms with Crippen LogP contribution in [0.25, 0.3) is 0 Å². The van der Waals surface area contributed by atoms with E-state index in [0.717, 1.165) is 10.0 Å². The third-order valence-electron chi connectivity index (χ3n) is 2.61. The summed E-state index contributed by atoms with van der Waals surface area (Å²) in [7, 11) is 0. The molecular weight excluding hydrogens is 326 g/mol. The maximum atomic E-state index is 11.5. The lowest BCUT2D eigenvalue weighted by molar-refractivity contribution is -0.137. The first-order valence-corrected chi connectivity index (χ1v) is 7.10. The lowest BCUT2D eigenvalue weighted by Gasteiger charge is -2.14. The van der Waals surface area contributed by atoms with Crippen molar-refractivity contribution in [2.24, 2.45) is 0 Å². The average Bonchev–Trinajstić information content (AvgIpc) is 2.36. The Hall–Kier alpha value is -1.56. The maximum absolute atomic E-state index is 11.5. The van der Waals surface area contributed by atoms with E-state index < -0.39 is 5.97 Å². The monoisotopic (exact) mass is 343 g/mol. The number of amides is 1. The van der Waals surface area contributed by atoms with Crippen molar-refractivity contribution in [2.45, 2.75) is 26.2 Å². The molecule has 0 saturated heterocycles. The molecule has 0 spiro atoms. The summed E-state index contributed by atoms with van der Waals surface area (Å²) in [6.45, 7) is 4.07. The fraction of sp³-hybridized carbons (Fsp3) is 0.429. The predicted molar refractivity (Wildman–Crippen MR) is 79.0 cm³/mol. The van der Waals surface area contributed by atoms with E-state index in [4.69, 9.17) is 9.84 Å². The Morgan fingerprint density at radius 2 is 2.10 bits per heavy atom. The largest absolute Gasteiger partial charge is 0.483 e. The highest BCUT2D eigenvalue weighted by molar-refractivity contribution is 9.10. The summed E-state index contributed by atoms with van der Waals surface area (Å²) >= 11 is 3.40. The van der Waals surface area contributed by atoms with Crippen LogP contribution < -0.4 is 10.1 Å². The third kappa shape index (κ3) is 5.61. The second-order valence-electron chi connectivity index (χ2n) is 4.62.